The Balaban J connectivity index is 2.08. The average Bonchev–Trinajstić information content (AvgIpc) is 2.90. The van der Waals surface area contributed by atoms with E-state index in [4.69, 9.17) is 23.2 Å². The number of rotatable bonds is 3. The van der Waals surface area contributed by atoms with Crippen LogP contribution in [0.1, 0.15) is 17.9 Å². The highest BCUT2D eigenvalue weighted by Gasteiger charge is 2.37. The first-order valence-electron chi connectivity index (χ1n) is 4.82. The van der Waals surface area contributed by atoms with Crippen LogP contribution in [-0.2, 0) is 0 Å². The van der Waals surface area contributed by atoms with Gasteiger partial charge in [0.15, 0.2) is 0 Å². The van der Waals surface area contributed by atoms with E-state index in [0.717, 1.165) is 12.5 Å². The summed E-state index contributed by atoms with van der Waals surface area (Å²) in [5.74, 6) is 1.45. The molecule has 1 saturated carbocycles. The van der Waals surface area contributed by atoms with Gasteiger partial charge in [0.25, 0.3) is 0 Å². The molecule has 1 aromatic carbocycles. The van der Waals surface area contributed by atoms with Crippen LogP contribution in [0.3, 0.4) is 0 Å². The van der Waals surface area contributed by atoms with Gasteiger partial charge in [-0.05, 0) is 49.5 Å². The van der Waals surface area contributed by atoms with Gasteiger partial charge in [-0.25, -0.2) is 0 Å². The number of halogens is 2. The first-order valence-corrected chi connectivity index (χ1v) is 5.57. The lowest BCUT2D eigenvalue weighted by atomic mass is 10.1. The number of benzene rings is 1. The van der Waals surface area contributed by atoms with Crippen LogP contribution in [0.4, 0.5) is 0 Å². The van der Waals surface area contributed by atoms with Crippen molar-refractivity contribution in [2.24, 2.45) is 5.92 Å². The molecule has 2 rings (SSSR count). The van der Waals surface area contributed by atoms with Crippen LogP contribution < -0.4 is 5.32 Å². The van der Waals surface area contributed by atoms with E-state index in [2.05, 4.69) is 11.4 Å². The standard InChI is InChI=1S/C11H13Cl2N/c1-14-6-8-4-9(8)7-2-3-10(12)11(13)5-7/h2-3,5,8-9,14H,4,6H2,1H3/t8-,9+/m0/s1. The first kappa shape index (κ1) is 10.3. The summed E-state index contributed by atoms with van der Waals surface area (Å²) in [4.78, 5) is 0. The van der Waals surface area contributed by atoms with Gasteiger partial charge < -0.3 is 5.32 Å². The highest BCUT2D eigenvalue weighted by Crippen LogP contribution is 2.47. The Morgan fingerprint density at radius 2 is 2.14 bits per heavy atom. The minimum atomic E-state index is 0.640. The molecular weight excluding hydrogens is 217 g/mol. The Hall–Kier alpha value is -0.240. The van der Waals surface area contributed by atoms with Crippen LogP contribution in [0, 0.1) is 5.92 Å². The molecule has 0 unspecified atom stereocenters. The van der Waals surface area contributed by atoms with E-state index in [1.807, 2.05) is 19.2 Å². The summed E-state index contributed by atoms with van der Waals surface area (Å²) in [6.07, 6.45) is 1.26. The fourth-order valence-electron chi connectivity index (χ4n) is 1.89. The summed E-state index contributed by atoms with van der Waals surface area (Å²) in [6.45, 7) is 1.09. The van der Waals surface area contributed by atoms with Gasteiger partial charge in [0.1, 0.15) is 0 Å². The molecular formula is C11H13Cl2N. The molecule has 0 bridgehead atoms. The molecule has 0 aliphatic heterocycles. The zero-order chi connectivity index (χ0) is 10.1. The van der Waals surface area contributed by atoms with Gasteiger partial charge in [-0.1, -0.05) is 29.3 Å². The second kappa shape index (κ2) is 4.09. The third-order valence-electron chi connectivity index (χ3n) is 2.76. The van der Waals surface area contributed by atoms with Crippen molar-refractivity contribution in [1.29, 1.82) is 0 Å². The minimum absolute atomic E-state index is 0.640. The molecule has 3 heteroatoms. The number of nitrogens with one attached hydrogen (secondary N) is 1. The van der Waals surface area contributed by atoms with Crippen molar-refractivity contribution in [1.82, 2.24) is 5.32 Å². The van der Waals surface area contributed by atoms with Crippen LogP contribution in [-0.4, -0.2) is 13.6 Å². The lowest BCUT2D eigenvalue weighted by Gasteiger charge is -2.02. The van der Waals surface area contributed by atoms with Gasteiger partial charge in [-0.3, -0.25) is 0 Å². The first-order chi connectivity index (χ1) is 6.72. The van der Waals surface area contributed by atoms with E-state index in [-0.39, 0.29) is 0 Å². The zero-order valence-corrected chi connectivity index (χ0v) is 9.57. The van der Waals surface area contributed by atoms with Crippen molar-refractivity contribution in [3.8, 4) is 0 Å². The summed E-state index contributed by atoms with van der Waals surface area (Å²) in [5, 5.41) is 4.50. The summed E-state index contributed by atoms with van der Waals surface area (Å²) >= 11 is 11.8. The fourth-order valence-corrected chi connectivity index (χ4v) is 2.19. The molecule has 1 nitrogen and oxygen atoms in total. The van der Waals surface area contributed by atoms with Gasteiger partial charge in [-0.15, -0.1) is 0 Å². The molecule has 0 aromatic heterocycles. The van der Waals surface area contributed by atoms with E-state index >= 15 is 0 Å². The Kier molecular flexibility index (Phi) is 3.01. The van der Waals surface area contributed by atoms with Crippen molar-refractivity contribution in [2.75, 3.05) is 13.6 Å². The van der Waals surface area contributed by atoms with Crippen molar-refractivity contribution in [2.45, 2.75) is 12.3 Å². The maximum Gasteiger partial charge on any atom is 0.0595 e. The third kappa shape index (κ3) is 2.05. The summed E-state index contributed by atoms with van der Waals surface area (Å²) < 4.78 is 0. The third-order valence-corrected chi connectivity index (χ3v) is 3.50. The van der Waals surface area contributed by atoms with Gasteiger partial charge in [-0.2, -0.15) is 0 Å². The molecule has 1 N–H and O–H groups in total. The maximum atomic E-state index is 5.96. The zero-order valence-electron chi connectivity index (χ0n) is 8.06. The van der Waals surface area contributed by atoms with Gasteiger partial charge in [0, 0.05) is 0 Å². The van der Waals surface area contributed by atoms with E-state index in [9.17, 15) is 0 Å². The average molecular weight is 230 g/mol. The molecule has 0 amide bonds. The second-order valence-electron chi connectivity index (χ2n) is 3.83. The van der Waals surface area contributed by atoms with Crippen LogP contribution in [0.5, 0.6) is 0 Å². The lowest BCUT2D eigenvalue weighted by Crippen LogP contribution is -2.10. The summed E-state index contributed by atoms with van der Waals surface area (Å²) in [6, 6.07) is 5.95. The Labute approximate surface area is 94.4 Å². The lowest BCUT2D eigenvalue weighted by molar-refractivity contribution is 0.698. The summed E-state index contributed by atoms with van der Waals surface area (Å²) in [5.41, 5.74) is 1.32. The SMILES string of the molecule is CNC[C@@H]1C[C@@H]1c1ccc(Cl)c(Cl)c1. The Morgan fingerprint density at radius 3 is 2.79 bits per heavy atom. The maximum absolute atomic E-state index is 5.96. The highest BCUT2D eigenvalue weighted by atomic mass is 35.5. The second-order valence-corrected chi connectivity index (χ2v) is 4.65. The van der Waals surface area contributed by atoms with E-state index in [1.165, 1.54) is 12.0 Å². The van der Waals surface area contributed by atoms with Crippen molar-refractivity contribution < 1.29 is 0 Å². The van der Waals surface area contributed by atoms with Gasteiger partial charge in [0.2, 0.25) is 0 Å². The predicted molar refractivity (Wildman–Crippen MR) is 61.2 cm³/mol. The quantitative estimate of drug-likeness (QED) is 0.839. The monoisotopic (exact) mass is 229 g/mol. The van der Waals surface area contributed by atoms with E-state index in [0.29, 0.717) is 16.0 Å². The Bertz CT molecular complexity index is 338. The van der Waals surface area contributed by atoms with Crippen molar-refractivity contribution >= 4 is 23.2 Å². The van der Waals surface area contributed by atoms with Crippen LogP contribution in [0.25, 0.3) is 0 Å². The molecule has 1 fully saturated rings. The normalized spacial score (nSPS) is 25.1. The Morgan fingerprint density at radius 1 is 1.36 bits per heavy atom. The molecule has 0 heterocycles. The van der Waals surface area contributed by atoms with E-state index < -0.39 is 0 Å². The highest BCUT2D eigenvalue weighted by molar-refractivity contribution is 6.42. The molecule has 1 aromatic rings. The van der Waals surface area contributed by atoms with Crippen LogP contribution in [0.2, 0.25) is 10.0 Å². The molecule has 0 spiro atoms. The van der Waals surface area contributed by atoms with Crippen LogP contribution in [0.15, 0.2) is 18.2 Å². The number of hydrogen-bond acceptors (Lipinski definition) is 1. The largest absolute Gasteiger partial charge is 0.319 e. The molecule has 1 aliphatic carbocycles. The summed E-state index contributed by atoms with van der Waals surface area (Å²) in [7, 11) is 1.99. The van der Waals surface area contributed by atoms with Gasteiger partial charge in [0.05, 0.1) is 10.0 Å². The molecule has 2 atom stereocenters. The molecule has 1 aliphatic rings. The topological polar surface area (TPSA) is 12.0 Å². The molecule has 76 valence electrons. The molecule has 14 heavy (non-hydrogen) atoms. The predicted octanol–water partition coefficient (Wildman–Crippen LogP) is 3.32. The fraction of sp³-hybridized carbons (Fsp3) is 0.455. The van der Waals surface area contributed by atoms with Crippen molar-refractivity contribution in [3.63, 3.8) is 0 Å². The number of hydrogen-bond donors (Lipinski definition) is 1. The smallest absolute Gasteiger partial charge is 0.0595 e. The minimum Gasteiger partial charge on any atom is -0.319 e. The van der Waals surface area contributed by atoms with Gasteiger partial charge >= 0.3 is 0 Å². The van der Waals surface area contributed by atoms with Crippen molar-refractivity contribution in [3.05, 3.63) is 33.8 Å². The molecule has 0 saturated heterocycles. The van der Waals surface area contributed by atoms with Crippen LogP contribution >= 0.6 is 23.2 Å². The molecule has 0 radical (unpaired) electrons. The van der Waals surface area contributed by atoms with E-state index in [1.54, 1.807) is 0 Å².